The molecular formula is C29H35BrN4O4S. The number of fused-ring (bicyclic) bond motifs is 1. The Balaban J connectivity index is 1.79. The predicted molar refractivity (Wildman–Crippen MR) is 158 cm³/mol. The van der Waals surface area contributed by atoms with Gasteiger partial charge in [-0.25, -0.2) is 9.48 Å². The summed E-state index contributed by atoms with van der Waals surface area (Å²) in [5.41, 5.74) is 4.18. The van der Waals surface area contributed by atoms with E-state index in [-0.39, 0.29) is 6.10 Å². The maximum Gasteiger partial charge on any atom is 0.338 e. The van der Waals surface area contributed by atoms with Crippen molar-refractivity contribution in [3.63, 3.8) is 0 Å². The van der Waals surface area contributed by atoms with Crippen molar-refractivity contribution in [3.8, 4) is 11.5 Å². The normalized spacial score (nSPS) is 14.7. The number of thioether (sulfide) groups is 1. The molecule has 8 nitrogen and oxygen atoms in total. The number of esters is 1. The number of anilines is 1. The summed E-state index contributed by atoms with van der Waals surface area (Å²) in [6.45, 7) is 12.5. The van der Waals surface area contributed by atoms with Crippen LogP contribution in [0.2, 0.25) is 0 Å². The van der Waals surface area contributed by atoms with E-state index >= 15 is 0 Å². The molecule has 1 aromatic heterocycles. The van der Waals surface area contributed by atoms with Crippen molar-refractivity contribution in [2.45, 2.75) is 71.9 Å². The quantitative estimate of drug-likeness (QED) is 0.181. The van der Waals surface area contributed by atoms with Crippen LogP contribution >= 0.6 is 27.7 Å². The van der Waals surface area contributed by atoms with Crippen LogP contribution in [0.4, 0.5) is 5.95 Å². The number of allylic oxidation sites excluding steroid dienone is 1. The SMILES string of the molecule is CCCSc1nc2n(n1)C(c1cc(Br)c(OCc3ccccc3C)c(OCC)c1)C(C(=O)OC(C)C)=C(C)N2. The van der Waals surface area contributed by atoms with E-state index in [4.69, 9.17) is 19.3 Å². The number of benzene rings is 2. The number of carbonyl (C=O) groups excluding carboxylic acids is 1. The third kappa shape index (κ3) is 6.61. The number of nitrogens with one attached hydrogen (secondary N) is 1. The van der Waals surface area contributed by atoms with E-state index in [1.165, 1.54) is 0 Å². The molecule has 1 N–H and O–H groups in total. The van der Waals surface area contributed by atoms with Crippen molar-refractivity contribution in [1.82, 2.24) is 14.8 Å². The van der Waals surface area contributed by atoms with E-state index in [0.29, 0.717) is 51.6 Å². The average molecular weight is 616 g/mol. The second-order valence-electron chi connectivity index (χ2n) is 9.51. The Hall–Kier alpha value is -2.98. The van der Waals surface area contributed by atoms with Gasteiger partial charge in [-0.2, -0.15) is 4.98 Å². The average Bonchev–Trinajstić information content (AvgIpc) is 3.28. The molecule has 208 valence electrons. The lowest BCUT2D eigenvalue weighted by molar-refractivity contribution is -0.143. The summed E-state index contributed by atoms with van der Waals surface area (Å²) in [7, 11) is 0. The molecule has 1 atom stereocenters. The number of carbonyl (C=O) groups is 1. The molecule has 1 aliphatic rings. The van der Waals surface area contributed by atoms with Crippen molar-refractivity contribution in [2.75, 3.05) is 17.7 Å². The van der Waals surface area contributed by atoms with Gasteiger partial charge in [0.05, 0.1) is 22.8 Å². The summed E-state index contributed by atoms with van der Waals surface area (Å²) in [6, 6.07) is 11.4. The Kier molecular flexibility index (Phi) is 9.61. The van der Waals surface area contributed by atoms with E-state index in [2.05, 4.69) is 46.1 Å². The zero-order chi connectivity index (χ0) is 28.1. The van der Waals surface area contributed by atoms with Crippen LogP contribution in [0.15, 0.2) is 57.3 Å². The molecule has 0 saturated heterocycles. The van der Waals surface area contributed by atoms with Gasteiger partial charge in [-0.1, -0.05) is 43.0 Å². The molecule has 1 aliphatic heterocycles. The molecular weight excluding hydrogens is 580 g/mol. The zero-order valence-electron chi connectivity index (χ0n) is 23.2. The van der Waals surface area contributed by atoms with Gasteiger partial charge in [0.1, 0.15) is 12.6 Å². The molecule has 0 amide bonds. The van der Waals surface area contributed by atoms with Crippen LogP contribution in [0.25, 0.3) is 0 Å². The van der Waals surface area contributed by atoms with Gasteiger partial charge in [0, 0.05) is 11.4 Å². The third-order valence-electron chi connectivity index (χ3n) is 6.11. The number of aryl methyl sites for hydroxylation is 1. The fraction of sp³-hybridized carbons (Fsp3) is 0.414. The fourth-order valence-corrected chi connectivity index (χ4v) is 5.56. The smallest absolute Gasteiger partial charge is 0.338 e. The lowest BCUT2D eigenvalue weighted by Crippen LogP contribution is -2.30. The van der Waals surface area contributed by atoms with E-state index in [1.54, 1.807) is 16.4 Å². The first kappa shape index (κ1) is 29.0. The summed E-state index contributed by atoms with van der Waals surface area (Å²) in [5.74, 6) is 2.24. The van der Waals surface area contributed by atoms with E-state index < -0.39 is 12.0 Å². The van der Waals surface area contributed by atoms with Crippen molar-refractivity contribution in [3.05, 3.63) is 68.8 Å². The standard InChI is InChI=1S/C29H35BrN4O4S/c1-7-13-39-29-32-28-31-19(6)24(27(35)38-17(3)4)25(34(28)33-29)21-14-22(30)26(23(15-21)36-8-2)37-16-20-12-10-9-11-18(20)5/h9-12,14-15,17,25H,7-8,13,16H2,1-6H3,(H,31,32,33). The number of rotatable bonds is 11. The molecule has 4 rings (SSSR count). The zero-order valence-corrected chi connectivity index (χ0v) is 25.6. The fourth-order valence-electron chi connectivity index (χ4n) is 4.31. The summed E-state index contributed by atoms with van der Waals surface area (Å²) >= 11 is 5.30. The first-order valence-corrected chi connectivity index (χ1v) is 14.9. The van der Waals surface area contributed by atoms with Crippen LogP contribution in [0.3, 0.4) is 0 Å². The Morgan fingerprint density at radius 2 is 1.95 bits per heavy atom. The Labute approximate surface area is 242 Å². The van der Waals surface area contributed by atoms with Crippen LogP contribution in [0.1, 0.15) is 63.8 Å². The maximum atomic E-state index is 13.4. The Morgan fingerprint density at radius 1 is 1.18 bits per heavy atom. The molecule has 2 aromatic carbocycles. The summed E-state index contributed by atoms with van der Waals surface area (Å²) < 4.78 is 20.4. The van der Waals surface area contributed by atoms with Gasteiger partial charge in [-0.15, -0.1) is 5.10 Å². The second kappa shape index (κ2) is 12.9. The number of hydrogen-bond donors (Lipinski definition) is 1. The van der Waals surface area contributed by atoms with Crippen molar-refractivity contribution >= 4 is 39.6 Å². The van der Waals surface area contributed by atoms with Gasteiger partial charge in [0.25, 0.3) is 0 Å². The second-order valence-corrected chi connectivity index (χ2v) is 11.4. The molecule has 0 spiro atoms. The summed E-state index contributed by atoms with van der Waals surface area (Å²) in [5, 5.41) is 8.69. The topological polar surface area (TPSA) is 87.5 Å². The van der Waals surface area contributed by atoms with Gasteiger partial charge in [0.2, 0.25) is 11.1 Å². The Bertz CT molecular complexity index is 1370. The minimum Gasteiger partial charge on any atom is -0.490 e. The van der Waals surface area contributed by atoms with Gasteiger partial charge in [-0.3, -0.25) is 0 Å². The van der Waals surface area contributed by atoms with Crippen LogP contribution in [-0.2, 0) is 16.1 Å². The third-order valence-corrected chi connectivity index (χ3v) is 7.74. The maximum absolute atomic E-state index is 13.4. The molecule has 0 bridgehead atoms. The van der Waals surface area contributed by atoms with Gasteiger partial charge >= 0.3 is 5.97 Å². The minimum atomic E-state index is -0.572. The lowest BCUT2D eigenvalue weighted by atomic mass is 9.95. The number of hydrogen-bond acceptors (Lipinski definition) is 8. The van der Waals surface area contributed by atoms with Crippen molar-refractivity contribution < 1.29 is 19.0 Å². The van der Waals surface area contributed by atoms with E-state index in [0.717, 1.165) is 28.9 Å². The van der Waals surface area contributed by atoms with Crippen molar-refractivity contribution in [1.29, 1.82) is 0 Å². The van der Waals surface area contributed by atoms with Crippen LogP contribution < -0.4 is 14.8 Å². The van der Waals surface area contributed by atoms with Crippen LogP contribution in [0.5, 0.6) is 11.5 Å². The highest BCUT2D eigenvalue weighted by molar-refractivity contribution is 9.10. The summed E-state index contributed by atoms with van der Waals surface area (Å²) in [6.07, 6.45) is 0.734. The largest absolute Gasteiger partial charge is 0.490 e. The van der Waals surface area contributed by atoms with E-state index in [9.17, 15) is 4.79 Å². The minimum absolute atomic E-state index is 0.269. The molecule has 0 radical (unpaired) electrons. The highest BCUT2D eigenvalue weighted by atomic mass is 79.9. The molecule has 0 fully saturated rings. The monoisotopic (exact) mass is 614 g/mol. The predicted octanol–water partition coefficient (Wildman–Crippen LogP) is 7.07. The molecule has 0 aliphatic carbocycles. The molecule has 39 heavy (non-hydrogen) atoms. The number of aromatic nitrogens is 3. The number of nitrogens with zero attached hydrogens (tertiary/aromatic N) is 3. The number of halogens is 1. The molecule has 1 unspecified atom stereocenters. The van der Waals surface area contributed by atoms with Crippen molar-refractivity contribution in [2.24, 2.45) is 0 Å². The van der Waals surface area contributed by atoms with Gasteiger partial charge in [-0.05, 0) is 85.8 Å². The highest BCUT2D eigenvalue weighted by Gasteiger charge is 2.36. The lowest BCUT2D eigenvalue weighted by Gasteiger charge is -2.29. The van der Waals surface area contributed by atoms with Gasteiger partial charge in [0.15, 0.2) is 11.5 Å². The first-order chi connectivity index (χ1) is 18.7. The van der Waals surface area contributed by atoms with Crippen LogP contribution in [0, 0.1) is 6.92 Å². The highest BCUT2D eigenvalue weighted by Crippen LogP contribution is 2.43. The first-order valence-electron chi connectivity index (χ1n) is 13.1. The molecule has 2 heterocycles. The van der Waals surface area contributed by atoms with Gasteiger partial charge < -0.3 is 19.5 Å². The van der Waals surface area contributed by atoms with Crippen LogP contribution in [-0.4, -0.2) is 39.2 Å². The molecule has 0 saturated carbocycles. The number of ether oxygens (including phenoxy) is 3. The Morgan fingerprint density at radius 3 is 2.64 bits per heavy atom. The summed E-state index contributed by atoms with van der Waals surface area (Å²) in [4.78, 5) is 18.1. The molecule has 10 heteroatoms. The van der Waals surface area contributed by atoms with E-state index in [1.807, 2.05) is 58.0 Å². The molecule has 3 aromatic rings.